The van der Waals surface area contributed by atoms with Gasteiger partial charge in [0.25, 0.3) is 0 Å². The average Bonchev–Trinajstić information content (AvgIpc) is 1.49. The molecule has 3 nitrogen and oxygen atoms in total. The lowest BCUT2D eigenvalue weighted by molar-refractivity contribution is 0.451. The van der Waals surface area contributed by atoms with Gasteiger partial charge in [0.1, 0.15) is 16.5 Å². The molecule has 0 fully saturated rings. The zero-order valence-corrected chi connectivity index (χ0v) is 11.7. The van der Waals surface area contributed by atoms with Crippen LogP contribution in [0.15, 0.2) is 0 Å². The third kappa shape index (κ3) is 3.64. The van der Waals surface area contributed by atoms with Crippen molar-refractivity contribution in [2.24, 2.45) is 0 Å². The van der Waals surface area contributed by atoms with Gasteiger partial charge in [-0.15, -0.1) is 0 Å². The van der Waals surface area contributed by atoms with Crippen molar-refractivity contribution in [1.29, 1.82) is 0 Å². The second-order valence-corrected chi connectivity index (χ2v) is 16.6. The largest absolute Gasteiger partial charge is 0.339 e. The Balaban J connectivity index is 4.70. The Kier molecular flexibility index (Phi) is 4.10. The predicted molar refractivity (Wildman–Crippen MR) is 59.9 cm³/mol. The highest BCUT2D eigenvalue weighted by Gasteiger charge is 2.39. The lowest BCUT2D eigenvalue weighted by Crippen LogP contribution is -2.55. The Labute approximate surface area is 78.6 Å². The van der Waals surface area contributed by atoms with E-state index in [-0.39, 0.29) is 0 Å². The number of hydrogen-bond acceptors (Lipinski definition) is 3. The fourth-order valence-corrected chi connectivity index (χ4v) is 13.9. The smallest absolute Gasteiger partial charge is 0.239 e. The van der Waals surface area contributed by atoms with Crippen LogP contribution < -0.4 is 0 Å². The SMILES string of the molecule is C[Si](C)(C)N(P(O)O)[Si](C)(C)C. The van der Waals surface area contributed by atoms with Gasteiger partial charge >= 0.3 is 0 Å². The minimum Gasteiger partial charge on any atom is -0.339 e. The Morgan fingerprint density at radius 3 is 1.08 bits per heavy atom. The highest BCUT2D eigenvalue weighted by atomic mass is 31.2. The van der Waals surface area contributed by atoms with E-state index in [1.807, 2.05) is 4.00 Å². The van der Waals surface area contributed by atoms with E-state index in [1.165, 1.54) is 0 Å². The summed E-state index contributed by atoms with van der Waals surface area (Å²) < 4.78 is 2.00. The second kappa shape index (κ2) is 3.86. The molecule has 0 bridgehead atoms. The maximum absolute atomic E-state index is 9.30. The van der Waals surface area contributed by atoms with Crippen LogP contribution >= 0.6 is 8.53 Å². The first kappa shape index (κ1) is 12.7. The van der Waals surface area contributed by atoms with Gasteiger partial charge in [-0.05, 0) is 0 Å². The molecule has 2 N–H and O–H groups in total. The van der Waals surface area contributed by atoms with Crippen LogP contribution in [0.5, 0.6) is 0 Å². The molecule has 0 aromatic carbocycles. The lowest BCUT2D eigenvalue weighted by Gasteiger charge is -2.42. The number of hydrogen-bond donors (Lipinski definition) is 2. The second-order valence-electron chi connectivity index (χ2n) is 4.92. The van der Waals surface area contributed by atoms with E-state index in [1.54, 1.807) is 0 Å². The van der Waals surface area contributed by atoms with Gasteiger partial charge in [0.2, 0.25) is 8.53 Å². The Morgan fingerprint density at radius 1 is 0.833 bits per heavy atom. The molecular formula is C6H20NO2PSi2. The first-order chi connectivity index (χ1) is 5.07. The summed E-state index contributed by atoms with van der Waals surface area (Å²) >= 11 is 0. The molecule has 0 rings (SSSR count). The molecule has 0 spiro atoms. The molecule has 0 amide bonds. The van der Waals surface area contributed by atoms with Gasteiger partial charge in [-0.2, -0.15) is 0 Å². The van der Waals surface area contributed by atoms with Crippen molar-refractivity contribution < 1.29 is 9.79 Å². The minimum atomic E-state index is -1.88. The third-order valence-electron chi connectivity index (χ3n) is 1.45. The van der Waals surface area contributed by atoms with Crippen molar-refractivity contribution in [1.82, 2.24) is 4.00 Å². The standard InChI is InChI=1S/C6H20NO2PSi2/c1-11(2,3)7(10(8)9)12(4,5)6/h8-9H,1-6H3. The van der Waals surface area contributed by atoms with Crippen molar-refractivity contribution in [3.8, 4) is 0 Å². The third-order valence-corrected chi connectivity index (χ3v) is 13.0. The van der Waals surface area contributed by atoms with Gasteiger partial charge in [-0.3, -0.25) is 4.00 Å². The minimum absolute atomic E-state index is 1.56. The highest BCUT2D eigenvalue weighted by Crippen LogP contribution is 2.40. The summed E-state index contributed by atoms with van der Waals surface area (Å²) in [5, 5.41) is 0. The normalized spacial score (nSPS) is 14.5. The van der Waals surface area contributed by atoms with Crippen LogP contribution in [0.1, 0.15) is 0 Å². The zero-order chi connectivity index (χ0) is 10.2. The molecule has 0 unspecified atom stereocenters. The molecule has 0 atom stereocenters. The van der Waals surface area contributed by atoms with Crippen LogP contribution in [-0.4, -0.2) is 30.3 Å². The first-order valence-electron chi connectivity index (χ1n) is 4.05. The van der Waals surface area contributed by atoms with Crippen molar-refractivity contribution >= 4 is 25.0 Å². The Morgan fingerprint density at radius 2 is 1.08 bits per heavy atom. The van der Waals surface area contributed by atoms with Crippen molar-refractivity contribution in [2.45, 2.75) is 39.3 Å². The van der Waals surface area contributed by atoms with Gasteiger partial charge in [0, 0.05) is 0 Å². The molecule has 0 aliphatic heterocycles. The van der Waals surface area contributed by atoms with Crippen LogP contribution in [0.2, 0.25) is 39.3 Å². The molecule has 0 aliphatic carbocycles. The van der Waals surface area contributed by atoms with E-state index in [9.17, 15) is 9.79 Å². The van der Waals surface area contributed by atoms with E-state index >= 15 is 0 Å². The zero-order valence-electron chi connectivity index (χ0n) is 8.79. The Bertz CT molecular complexity index is 139. The van der Waals surface area contributed by atoms with Crippen molar-refractivity contribution in [2.75, 3.05) is 0 Å². The van der Waals surface area contributed by atoms with Crippen LogP contribution in [0.4, 0.5) is 0 Å². The van der Waals surface area contributed by atoms with Gasteiger partial charge in [-0.25, -0.2) is 0 Å². The molecule has 6 heteroatoms. The van der Waals surface area contributed by atoms with Crippen LogP contribution in [0.3, 0.4) is 0 Å². The van der Waals surface area contributed by atoms with E-state index in [0.717, 1.165) is 0 Å². The van der Waals surface area contributed by atoms with Gasteiger partial charge in [0.15, 0.2) is 0 Å². The first-order valence-corrected chi connectivity index (χ1v) is 12.1. The van der Waals surface area contributed by atoms with Crippen molar-refractivity contribution in [3.05, 3.63) is 0 Å². The van der Waals surface area contributed by atoms with E-state index in [4.69, 9.17) is 0 Å². The summed E-state index contributed by atoms with van der Waals surface area (Å²) in [6, 6.07) is 0. The maximum atomic E-state index is 9.30. The fourth-order valence-electron chi connectivity index (χ4n) is 1.54. The number of rotatable bonds is 3. The molecule has 0 aromatic heterocycles. The molecule has 0 heterocycles. The average molecular weight is 225 g/mol. The summed E-state index contributed by atoms with van der Waals surface area (Å²) in [7, 11) is -5.01. The molecule has 12 heavy (non-hydrogen) atoms. The summed E-state index contributed by atoms with van der Waals surface area (Å²) in [5.74, 6) is 0. The maximum Gasteiger partial charge on any atom is 0.239 e. The molecule has 0 aromatic rings. The van der Waals surface area contributed by atoms with E-state index in [0.29, 0.717) is 0 Å². The van der Waals surface area contributed by atoms with Crippen LogP contribution in [0, 0.1) is 0 Å². The van der Waals surface area contributed by atoms with E-state index < -0.39 is 25.0 Å². The fraction of sp³-hybridized carbons (Fsp3) is 1.00. The Hall–Kier alpha value is 0.744. The molecule has 0 aliphatic rings. The van der Waals surface area contributed by atoms with Gasteiger partial charge < -0.3 is 9.79 Å². The highest BCUT2D eigenvalue weighted by molar-refractivity contribution is 7.48. The topological polar surface area (TPSA) is 43.7 Å². The summed E-state index contributed by atoms with van der Waals surface area (Å²) in [4.78, 5) is 18.6. The lowest BCUT2D eigenvalue weighted by atomic mass is 11.8. The van der Waals surface area contributed by atoms with Crippen LogP contribution in [-0.2, 0) is 0 Å². The summed E-state index contributed by atoms with van der Waals surface area (Å²) in [6.07, 6.45) is 0. The molecular weight excluding hydrogens is 205 g/mol. The molecule has 0 saturated carbocycles. The monoisotopic (exact) mass is 225 g/mol. The molecule has 74 valence electrons. The van der Waals surface area contributed by atoms with Crippen molar-refractivity contribution in [3.63, 3.8) is 0 Å². The summed E-state index contributed by atoms with van der Waals surface area (Å²) in [6.45, 7) is 12.9. The summed E-state index contributed by atoms with van der Waals surface area (Å²) in [5.41, 5.74) is 0. The number of nitrogens with zero attached hydrogens (tertiary/aromatic N) is 1. The molecule has 0 radical (unpaired) electrons. The van der Waals surface area contributed by atoms with E-state index in [2.05, 4.69) is 39.3 Å². The quantitative estimate of drug-likeness (QED) is 0.571. The van der Waals surface area contributed by atoms with Gasteiger partial charge in [0.05, 0.1) is 0 Å². The predicted octanol–water partition coefficient (Wildman–Crippen LogP) is 2.17. The van der Waals surface area contributed by atoms with Gasteiger partial charge in [-0.1, -0.05) is 39.3 Å². The van der Waals surface area contributed by atoms with Crippen LogP contribution in [0.25, 0.3) is 0 Å². The molecule has 0 saturated heterocycles.